The third kappa shape index (κ3) is 4.05. The summed E-state index contributed by atoms with van der Waals surface area (Å²) in [6.45, 7) is 7.73. The summed E-state index contributed by atoms with van der Waals surface area (Å²) in [6.07, 6.45) is 3.66. The Balaban J connectivity index is 2.69. The summed E-state index contributed by atoms with van der Waals surface area (Å²) >= 11 is 0. The van der Waals surface area contributed by atoms with Crippen LogP contribution in [-0.4, -0.2) is 6.54 Å². The Kier molecular flexibility index (Phi) is 5.41. The molecule has 1 N–H and O–H groups in total. The molecule has 0 spiro atoms. The lowest BCUT2D eigenvalue weighted by atomic mass is 10.0. The Morgan fingerprint density at radius 1 is 1.20 bits per heavy atom. The predicted molar refractivity (Wildman–Crippen MR) is 67.1 cm³/mol. The van der Waals surface area contributed by atoms with E-state index in [1.807, 2.05) is 0 Å². The highest BCUT2D eigenvalue weighted by molar-refractivity contribution is 5.25. The van der Waals surface area contributed by atoms with Crippen molar-refractivity contribution in [3.05, 3.63) is 35.4 Å². The van der Waals surface area contributed by atoms with Crippen molar-refractivity contribution in [2.75, 3.05) is 6.54 Å². The molecule has 84 valence electrons. The van der Waals surface area contributed by atoms with Gasteiger partial charge >= 0.3 is 0 Å². The summed E-state index contributed by atoms with van der Waals surface area (Å²) in [6, 6.07) is 9.38. The first-order valence-electron chi connectivity index (χ1n) is 6.07. The Labute approximate surface area is 93.9 Å². The number of nitrogens with one attached hydrogen (secondary N) is 1. The number of hydrogen-bond donors (Lipinski definition) is 1. The van der Waals surface area contributed by atoms with E-state index < -0.39 is 0 Å². The minimum absolute atomic E-state index is 0.537. The van der Waals surface area contributed by atoms with E-state index in [1.54, 1.807) is 0 Å². The summed E-state index contributed by atoms with van der Waals surface area (Å²) in [5, 5.41) is 3.61. The van der Waals surface area contributed by atoms with Gasteiger partial charge in [-0.15, -0.1) is 0 Å². The molecule has 0 bridgehead atoms. The van der Waals surface area contributed by atoms with Gasteiger partial charge in [0.05, 0.1) is 0 Å². The first kappa shape index (κ1) is 12.3. The summed E-state index contributed by atoms with van der Waals surface area (Å²) in [4.78, 5) is 0. The quantitative estimate of drug-likeness (QED) is 0.744. The standard InChI is InChI=1S/C14H23N/c1-4-7-14(15-10-5-2)13-9-6-8-12(3)11-13/h6,8-9,11,14-15H,4-5,7,10H2,1-3H3. The maximum Gasteiger partial charge on any atom is 0.0320 e. The van der Waals surface area contributed by atoms with Crippen LogP contribution >= 0.6 is 0 Å². The normalized spacial score (nSPS) is 12.7. The molecule has 15 heavy (non-hydrogen) atoms. The fraction of sp³-hybridized carbons (Fsp3) is 0.571. The molecule has 1 unspecified atom stereocenters. The molecule has 1 atom stereocenters. The van der Waals surface area contributed by atoms with Gasteiger partial charge in [-0.2, -0.15) is 0 Å². The van der Waals surface area contributed by atoms with Crippen LogP contribution in [0.5, 0.6) is 0 Å². The monoisotopic (exact) mass is 205 g/mol. The van der Waals surface area contributed by atoms with Gasteiger partial charge < -0.3 is 5.32 Å². The third-order valence-corrected chi connectivity index (χ3v) is 2.66. The molecule has 0 radical (unpaired) electrons. The lowest BCUT2D eigenvalue weighted by Gasteiger charge is -2.18. The molecule has 1 aromatic carbocycles. The van der Waals surface area contributed by atoms with Crippen LogP contribution in [0.1, 0.15) is 50.3 Å². The largest absolute Gasteiger partial charge is 0.310 e. The van der Waals surface area contributed by atoms with Gasteiger partial charge in [0.15, 0.2) is 0 Å². The van der Waals surface area contributed by atoms with Gasteiger partial charge in [0.1, 0.15) is 0 Å². The molecule has 0 saturated carbocycles. The van der Waals surface area contributed by atoms with Gasteiger partial charge in [-0.05, 0) is 31.9 Å². The molecular formula is C14H23N. The van der Waals surface area contributed by atoms with Gasteiger partial charge in [-0.25, -0.2) is 0 Å². The second kappa shape index (κ2) is 6.62. The molecule has 1 rings (SSSR count). The third-order valence-electron chi connectivity index (χ3n) is 2.66. The van der Waals surface area contributed by atoms with E-state index in [4.69, 9.17) is 0 Å². The van der Waals surface area contributed by atoms with Crippen LogP contribution in [0.15, 0.2) is 24.3 Å². The molecule has 1 heteroatoms. The molecule has 0 aromatic heterocycles. The molecule has 0 saturated heterocycles. The second-order valence-electron chi connectivity index (χ2n) is 4.21. The maximum atomic E-state index is 3.61. The van der Waals surface area contributed by atoms with Crippen LogP contribution in [-0.2, 0) is 0 Å². The summed E-state index contributed by atoms with van der Waals surface area (Å²) in [5.74, 6) is 0. The van der Waals surface area contributed by atoms with Crippen LogP contribution in [0.2, 0.25) is 0 Å². The molecular weight excluding hydrogens is 182 g/mol. The fourth-order valence-corrected chi connectivity index (χ4v) is 1.88. The van der Waals surface area contributed by atoms with Crippen molar-refractivity contribution in [2.45, 2.75) is 46.1 Å². The van der Waals surface area contributed by atoms with Crippen LogP contribution in [0.3, 0.4) is 0 Å². The van der Waals surface area contributed by atoms with E-state index in [1.165, 1.54) is 30.4 Å². The Bertz CT molecular complexity index is 280. The van der Waals surface area contributed by atoms with Crippen molar-refractivity contribution in [1.82, 2.24) is 5.32 Å². The molecule has 0 fully saturated rings. The smallest absolute Gasteiger partial charge is 0.0320 e. The van der Waals surface area contributed by atoms with Crippen molar-refractivity contribution in [3.63, 3.8) is 0 Å². The SMILES string of the molecule is CCCNC(CCC)c1cccc(C)c1. The van der Waals surface area contributed by atoms with Gasteiger partial charge in [-0.3, -0.25) is 0 Å². The van der Waals surface area contributed by atoms with E-state index >= 15 is 0 Å². The molecule has 0 heterocycles. The molecule has 0 aliphatic heterocycles. The Hall–Kier alpha value is -0.820. The van der Waals surface area contributed by atoms with Crippen molar-refractivity contribution >= 4 is 0 Å². The van der Waals surface area contributed by atoms with Gasteiger partial charge in [0, 0.05) is 6.04 Å². The van der Waals surface area contributed by atoms with Crippen molar-refractivity contribution in [3.8, 4) is 0 Å². The zero-order valence-corrected chi connectivity index (χ0v) is 10.2. The van der Waals surface area contributed by atoms with E-state index in [0.717, 1.165) is 6.54 Å². The van der Waals surface area contributed by atoms with E-state index in [-0.39, 0.29) is 0 Å². The summed E-state index contributed by atoms with van der Waals surface area (Å²) in [7, 11) is 0. The number of aryl methyl sites for hydroxylation is 1. The fourth-order valence-electron chi connectivity index (χ4n) is 1.88. The van der Waals surface area contributed by atoms with Crippen molar-refractivity contribution in [1.29, 1.82) is 0 Å². The number of rotatable bonds is 6. The zero-order chi connectivity index (χ0) is 11.1. The lowest BCUT2D eigenvalue weighted by molar-refractivity contribution is 0.494. The zero-order valence-electron chi connectivity index (χ0n) is 10.2. The molecule has 1 aromatic rings. The van der Waals surface area contributed by atoms with E-state index in [9.17, 15) is 0 Å². The Morgan fingerprint density at radius 2 is 2.00 bits per heavy atom. The highest BCUT2D eigenvalue weighted by Crippen LogP contribution is 2.19. The first-order chi connectivity index (χ1) is 7.27. The van der Waals surface area contributed by atoms with Crippen molar-refractivity contribution in [2.24, 2.45) is 0 Å². The number of hydrogen-bond acceptors (Lipinski definition) is 1. The lowest BCUT2D eigenvalue weighted by Crippen LogP contribution is -2.22. The first-order valence-corrected chi connectivity index (χ1v) is 6.07. The molecule has 1 nitrogen and oxygen atoms in total. The Morgan fingerprint density at radius 3 is 2.60 bits per heavy atom. The minimum Gasteiger partial charge on any atom is -0.310 e. The summed E-state index contributed by atoms with van der Waals surface area (Å²) < 4.78 is 0. The van der Waals surface area contributed by atoms with Crippen molar-refractivity contribution < 1.29 is 0 Å². The van der Waals surface area contributed by atoms with Crippen LogP contribution in [0, 0.1) is 6.92 Å². The minimum atomic E-state index is 0.537. The van der Waals surface area contributed by atoms with Crippen LogP contribution in [0.25, 0.3) is 0 Å². The highest BCUT2D eigenvalue weighted by atomic mass is 14.9. The van der Waals surface area contributed by atoms with Gasteiger partial charge in [-0.1, -0.05) is 50.1 Å². The van der Waals surface area contributed by atoms with Gasteiger partial charge in [0.2, 0.25) is 0 Å². The average molecular weight is 205 g/mol. The topological polar surface area (TPSA) is 12.0 Å². The molecule has 0 amide bonds. The average Bonchev–Trinajstić information content (AvgIpc) is 2.24. The van der Waals surface area contributed by atoms with E-state index in [0.29, 0.717) is 6.04 Å². The summed E-state index contributed by atoms with van der Waals surface area (Å²) in [5.41, 5.74) is 2.79. The van der Waals surface area contributed by atoms with Gasteiger partial charge in [0.25, 0.3) is 0 Å². The molecule has 0 aliphatic carbocycles. The van der Waals surface area contributed by atoms with E-state index in [2.05, 4.69) is 50.4 Å². The molecule has 0 aliphatic rings. The second-order valence-corrected chi connectivity index (χ2v) is 4.21. The maximum absolute atomic E-state index is 3.61. The van der Waals surface area contributed by atoms with Crippen LogP contribution < -0.4 is 5.32 Å². The van der Waals surface area contributed by atoms with Crippen LogP contribution in [0.4, 0.5) is 0 Å². The number of benzene rings is 1. The predicted octanol–water partition coefficient (Wildman–Crippen LogP) is 3.84. The highest BCUT2D eigenvalue weighted by Gasteiger charge is 2.08.